The summed E-state index contributed by atoms with van der Waals surface area (Å²) in [7, 11) is 0. The third-order valence-corrected chi connectivity index (χ3v) is 4.64. The molecule has 0 aliphatic carbocycles. The fourth-order valence-corrected chi connectivity index (χ4v) is 3.18. The van der Waals surface area contributed by atoms with Crippen LogP contribution in [0.15, 0.2) is 55.0 Å². The molecule has 2 N–H and O–H groups in total. The zero-order valence-electron chi connectivity index (χ0n) is 17.7. The zero-order chi connectivity index (χ0) is 23.1. The highest BCUT2D eigenvalue weighted by atomic mass is 19.4. The van der Waals surface area contributed by atoms with Crippen molar-refractivity contribution in [3.63, 3.8) is 0 Å². The van der Waals surface area contributed by atoms with Crippen LogP contribution in [0, 0.1) is 13.8 Å². The molecule has 6 nitrogen and oxygen atoms in total. The highest BCUT2D eigenvalue weighted by molar-refractivity contribution is 5.94. The first kappa shape index (κ1) is 23.1. The molecule has 1 aromatic carbocycles. The molecule has 1 amide bonds. The Morgan fingerprint density at radius 1 is 1.06 bits per heavy atom. The van der Waals surface area contributed by atoms with Gasteiger partial charge in [0.2, 0.25) is 0 Å². The summed E-state index contributed by atoms with van der Waals surface area (Å²) in [5, 5.41) is 5.32. The van der Waals surface area contributed by atoms with Gasteiger partial charge >= 0.3 is 6.18 Å². The highest BCUT2D eigenvalue weighted by Gasteiger charge is 2.33. The van der Waals surface area contributed by atoms with Crippen LogP contribution >= 0.6 is 0 Å². The number of halogens is 3. The average molecular weight is 444 g/mol. The van der Waals surface area contributed by atoms with Crippen LogP contribution < -0.4 is 15.4 Å². The lowest BCUT2D eigenvalue weighted by atomic mass is 10.0. The van der Waals surface area contributed by atoms with Crippen LogP contribution in [0.4, 0.5) is 19.0 Å². The van der Waals surface area contributed by atoms with E-state index in [0.29, 0.717) is 17.9 Å². The Labute approximate surface area is 183 Å². The van der Waals surface area contributed by atoms with Gasteiger partial charge in [0.1, 0.15) is 18.2 Å². The number of amides is 1. The molecule has 0 aliphatic heterocycles. The average Bonchev–Trinajstić information content (AvgIpc) is 2.76. The molecule has 0 bridgehead atoms. The summed E-state index contributed by atoms with van der Waals surface area (Å²) >= 11 is 0. The minimum Gasteiger partial charge on any atom is -0.488 e. The van der Waals surface area contributed by atoms with E-state index in [1.54, 1.807) is 24.5 Å². The Kier molecular flexibility index (Phi) is 7.29. The van der Waals surface area contributed by atoms with Crippen molar-refractivity contribution in [2.45, 2.75) is 26.6 Å². The van der Waals surface area contributed by atoms with E-state index in [-0.39, 0.29) is 24.8 Å². The number of carbonyl (C=O) groups is 1. The van der Waals surface area contributed by atoms with Gasteiger partial charge in [0.15, 0.2) is 0 Å². The van der Waals surface area contributed by atoms with E-state index in [1.165, 1.54) is 12.3 Å². The molecule has 0 fully saturated rings. The number of rotatable bonds is 8. The van der Waals surface area contributed by atoms with Crippen LogP contribution in [-0.2, 0) is 12.8 Å². The Hall–Kier alpha value is -3.62. The lowest BCUT2D eigenvalue weighted by Crippen LogP contribution is -2.29. The number of benzene rings is 1. The molecule has 168 valence electrons. The zero-order valence-corrected chi connectivity index (χ0v) is 17.7. The molecule has 0 saturated heterocycles. The standard InChI is InChI=1S/C23H23F3N4O2/c1-15-11-18(12-16(2)20(15)32-14-17-5-3-7-27-13-17)22(31)30-10-9-29-21-19(23(24,25)26)6-4-8-28-21/h3-8,11-13H,9-10,14H2,1-2H3,(H,28,29)(H,30,31). The number of hydrogen-bond acceptors (Lipinski definition) is 5. The Morgan fingerprint density at radius 3 is 2.44 bits per heavy atom. The third kappa shape index (κ3) is 5.96. The number of nitrogens with one attached hydrogen (secondary N) is 2. The molecule has 0 unspecified atom stereocenters. The van der Waals surface area contributed by atoms with Gasteiger partial charge in [-0.05, 0) is 55.3 Å². The van der Waals surface area contributed by atoms with Crippen LogP contribution in [-0.4, -0.2) is 29.0 Å². The van der Waals surface area contributed by atoms with Gasteiger partial charge in [0.25, 0.3) is 5.91 Å². The number of aryl methyl sites for hydroxylation is 2. The molecule has 3 aromatic rings. The van der Waals surface area contributed by atoms with Gasteiger partial charge < -0.3 is 15.4 Å². The molecule has 2 aromatic heterocycles. The number of alkyl halides is 3. The van der Waals surface area contributed by atoms with E-state index < -0.39 is 11.7 Å². The largest absolute Gasteiger partial charge is 0.488 e. The monoisotopic (exact) mass is 444 g/mol. The molecule has 0 radical (unpaired) electrons. The Morgan fingerprint density at radius 2 is 1.78 bits per heavy atom. The van der Waals surface area contributed by atoms with Crippen molar-refractivity contribution in [2.75, 3.05) is 18.4 Å². The number of carbonyl (C=O) groups excluding carboxylic acids is 1. The predicted molar refractivity (Wildman–Crippen MR) is 115 cm³/mol. The van der Waals surface area contributed by atoms with Crippen molar-refractivity contribution < 1.29 is 22.7 Å². The quantitative estimate of drug-likeness (QED) is 0.499. The van der Waals surface area contributed by atoms with E-state index in [0.717, 1.165) is 22.8 Å². The Balaban J connectivity index is 1.56. The first-order valence-electron chi connectivity index (χ1n) is 9.93. The second kappa shape index (κ2) is 10.1. The molecular weight excluding hydrogens is 421 g/mol. The van der Waals surface area contributed by atoms with E-state index in [1.807, 2.05) is 26.0 Å². The molecule has 0 atom stereocenters. The molecule has 0 aliphatic rings. The molecule has 0 saturated carbocycles. The summed E-state index contributed by atoms with van der Waals surface area (Å²) in [6.45, 7) is 4.29. The van der Waals surface area contributed by atoms with Gasteiger partial charge in [-0.1, -0.05) is 6.07 Å². The van der Waals surface area contributed by atoms with Crippen molar-refractivity contribution >= 4 is 11.7 Å². The predicted octanol–water partition coefficient (Wildman–Crippen LogP) is 4.53. The number of nitrogens with zero attached hydrogens (tertiary/aromatic N) is 2. The fraction of sp³-hybridized carbons (Fsp3) is 0.261. The van der Waals surface area contributed by atoms with Crippen LogP contribution in [0.25, 0.3) is 0 Å². The van der Waals surface area contributed by atoms with Crippen molar-refractivity contribution in [1.29, 1.82) is 0 Å². The summed E-state index contributed by atoms with van der Waals surface area (Å²) in [5.74, 6) is 0.104. The number of anilines is 1. The van der Waals surface area contributed by atoms with E-state index in [2.05, 4.69) is 20.6 Å². The van der Waals surface area contributed by atoms with Crippen molar-refractivity contribution in [1.82, 2.24) is 15.3 Å². The number of ether oxygens (including phenoxy) is 1. The first-order chi connectivity index (χ1) is 15.3. The second-order valence-corrected chi connectivity index (χ2v) is 7.17. The van der Waals surface area contributed by atoms with E-state index >= 15 is 0 Å². The van der Waals surface area contributed by atoms with Gasteiger partial charge in [-0.3, -0.25) is 9.78 Å². The number of pyridine rings is 2. The maximum absolute atomic E-state index is 13.0. The fourth-order valence-electron chi connectivity index (χ4n) is 3.18. The van der Waals surface area contributed by atoms with Crippen molar-refractivity contribution in [3.05, 3.63) is 82.8 Å². The topological polar surface area (TPSA) is 76.1 Å². The maximum Gasteiger partial charge on any atom is 0.419 e. The number of aromatic nitrogens is 2. The summed E-state index contributed by atoms with van der Waals surface area (Å²) in [6, 6.07) is 9.36. The highest BCUT2D eigenvalue weighted by Crippen LogP contribution is 2.33. The SMILES string of the molecule is Cc1cc(C(=O)NCCNc2ncccc2C(F)(F)F)cc(C)c1OCc1cccnc1. The third-order valence-electron chi connectivity index (χ3n) is 4.64. The summed E-state index contributed by atoms with van der Waals surface area (Å²) in [4.78, 5) is 20.3. The Bertz CT molecular complexity index is 1050. The minimum atomic E-state index is -4.50. The van der Waals surface area contributed by atoms with Gasteiger partial charge in [0, 0.05) is 42.8 Å². The van der Waals surface area contributed by atoms with Crippen LogP contribution in [0.3, 0.4) is 0 Å². The minimum absolute atomic E-state index is 0.0934. The molecule has 3 rings (SSSR count). The van der Waals surface area contributed by atoms with Crippen molar-refractivity contribution in [3.8, 4) is 5.75 Å². The normalized spacial score (nSPS) is 11.2. The van der Waals surface area contributed by atoms with E-state index in [4.69, 9.17) is 4.74 Å². The van der Waals surface area contributed by atoms with Crippen LogP contribution in [0.2, 0.25) is 0 Å². The van der Waals surface area contributed by atoms with Crippen LogP contribution in [0.1, 0.15) is 32.6 Å². The summed E-state index contributed by atoms with van der Waals surface area (Å²) < 4.78 is 44.9. The van der Waals surface area contributed by atoms with E-state index in [9.17, 15) is 18.0 Å². The lowest BCUT2D eigenvalue weighted by molar-refractivity contribution is -0.137. The van der Waals surface area contributed by atoms with Gasteiger partial charge in [-0.25, -0.2) is 4.98 Å². The molecule has 2 heterocycles. The lowest BCUT2D eigenvalue weighted by Gasteiger charge is -2.15. The summed E-state index contributed by atoms with van der Waals surface area (Å²) in [5.41, 5.74) is 2.14. The summed E-state index contributed by atoms with van der Waals surface area (Å²) in [6.07, 6.45) is 0.188. The van der Waals surface area contributed by atoms with Gasteiger partial charge in [-0.15, -0.1) is 0 Å². The van der Waals surface area contributed by atoms with Crippen molar-refractivity contribution in [2.24, 2.45) is 0 Å². The van der Waals surface area contributed by atoms with Gasteiger partial charge in [-0.2, -0.15) is 13.2 Å². The maximum atomic E-state index is 13.0. The molecule has 32 heavy (non-hydrogen) atoms. The van der Waals surface area contributed by atoms with Gasteiger partial charge in [0.05, 0.1) is 5.56 Å². The molecular formula is C23H23F3N4O2. The second-order valence-electron chi connectivity index (χ2n) is 7.17. The van der Waals surface area contributed by atoms with Crippen LogP contribution in [0.5, 0.6) is 5.75 Å². The molecule has 0 spiro atoms. The number of hydrogen-bond donors (Lipinski definition) is 2. The molecule has 9 heteroatoms. The first-order valence-corrected chi connectivity index (χ1v) is 9.93. The smallest absolute Gasteiger partial charge is 0.419 e.